The van der Waals surface area contributed by atoms with Crippen LogP contribution in [0.3, 0.4) is 0 Å². The molecule has 0 aliphatic heterocycles. The van der Waals surface area contributed by atoms with Gasteiger partial charge in [0.2, 0.25) is 0 Å². The van der Waals surface area contributed by atoms with Crippen molar-refractivity contribution < 1.29 is 14.3 Å². The zero-order valence-corrected chi connectivity index (χ0v) is 15.1. The Balaban J connectivity index is 2.15. The molecule has 0 saturated heterocycles. The summed E-state index contributed by atoms with van der Waals surface area (Å²) in [5, 5.41) is 0. The van der Waals surface area contributed by atoms with Crippen molar-refractivity contribution in [2.45, 2.75) is 108 Å². The quantitative estimate of drug-likeness (QED) is 0.552. The van der Waals surface area contributed by atoms with Gasteiger partial charge in [-0.2, -0.15) is 0 Å². The number of carbonyl (C=O) groups excluding carboxylic acids is 1. The summed E-state index contributed by atoms with van der Waals surface area (Å²) in [4.78, 5) is 12.0. The fourth-order valence-electron chi connectivity index (χ4n) is 4.64. The van der Waals surface area contributed by atoms with Crippen LogP contribution in [0.1, 0.15) is 103 Å². The summed E-state index contributed by atoms with van der Waals surface area (Å²) in [7, 11) is 1.44. The lowest BCUT2D eigenvalue weighted by Crippen LogP contribution is -2.43. The van der Waals surface area contributed by atoms with E-state index in [1.54, 1.807) is 0 Å². The second-order valence-electron chi connectivity index (χ2n) is 7.64. The molecule has 3 heteroatoms. The molecule has 0 aromatic rings. The summed E-state index contributed by atoms with van der Waals surface area (Å²) < 4.78 is 10.9. The molecule has 0 spiro atoms. The molecule has 2 aliphatic rings. The van der Waals surface area contributed by atoms with E-state index in [9.17, 15) is 4.79 Å². The van der Waals surface area contributed by atoms with Gasteiger partial charge >= 0.3 is 6.16 Å². The highest BCUT2D eigenvalue weighted by Gasteiger charge is 2.41. The Morgan fingerprint density at radius 1 is 0.739 bits per heavy atom. The Hall–Kier alpha value is -0.730. The van der Waals surface area contributed by atoms with Crippen molar-refractivity contribution in [3.63, 3.8) is 0 Å². The van der Waals surface area contributed by atoms with Gasteiger partial charge in [0.1, 0.15) is 5.60 Å². The molecule has 2 aliphatic carbocycles. The molecule has 0 unspecified atom stereocenters. The molecule has 0 atom stereocenters. The maximum atomic E-state index is 12.0. The number of rotatable bonds is 2. The molecule has 0 radical (unpaired) electrons. The second kappa shape index (κ2) is 10.2. The molecular weight excluding hydrogens is 288 g/mol. The van der Waals surface area contributed by atoms with Crippen LogP contribution in [0, 0.1) is 5.92 Å². The summed E-state index contributed by atoms with van der Waals surface area (Å²) in [6.45, 7) is 0. The minimum absolute atomic E-state index is 0.262. The van der Waals surface area contributed by atoms with Gasteiger partial charge in [0, 0.05) is 0 Å². The van der Waals surface area contributed by atoms with Gasteiger partial charge in [0.25, 0.3) is 0 Å². The minimum Gasteiger partial charge on any atom is -0.438 e. The highest BCUT2D eigenvalue weighted by Crippen LogP contribution is 2.41. The van der Waals surface area contributed by atoms with Crippen molar-refractivity contribution in [3.05, 3.63) is 0 Å². The number of carbonyl (C=O) groups is 1. The van der Waals surface area contributed by atoms with E-state index in [2.05, 4.69) is 0 Å². The first kappa shape index (κ1) is 18.6. The predicted octanol–water partition coefficient (Wildman–Crippen LogP) is 6.39. The summed E-state index contributed by atoms with van der Waals surface area (Å²) >= 11 is 0. The highest BCUT2D eigenvalue weighted by atomic mass is 16.7. The van der Waals surface area contributed by atoms with Crippen molar-refractivity contribution in [1.82, 2.24) is 0 Å². The van der Waals surface area contributed by atoms with Crippen LogP contribution >= 0.6 is 0 Å². The number of hydrogen-bond acceptors (Lipinski definition) is 3. The molecule has 0 aromatic heterocycles. The third-order valence-electron chi connectivity index (χ3n) is 6.00. The largest absolute Gasteiger partial charge is 0.508 e. The first-order valence-electron chi connectivity index (χ1n) is 10.0. The Bertz CT molecular complexity index is 320. The number of methoxy groups -OCH3 is 1. The molecule has 0 N–H and O–H groups in total. The van der Waals surface area contributed by atoms with E-state index in [4.69, 9.17) is 9.47 Å². The Kier molecular flexibility index (Phi) is 8.25. The van der Waals surface area contributed by atoms with Crippen LogP contribution in [0.4, 0.5) is 4.79 Å². The topological polar surface area (TPSA) is 35.5 Å². The molecule has 0 heterocycles. The molecule has 0 amide bonds. The second-order valence-corrected chi connectivity index (χ2v) is 7.64. The zero-order valence-electron chi connectivity index (χ0n) is 15.1. The van der Waals surface area contributed by atoms with Gasteiger partial charge in [-0.15, -0.1) is 0 Å². The van der Waals surface area contributed by atoms with Crippen LogP contribution in [-0.2, 0) is 9.47 Å². The maximum absolute atomic E-state index is 12.0. The molecule has 2 saturated carbocycles. The van der Waals surface area contributed by atoms with E-state index in [0.717, 1.165) is 12.8 Å². The third kappa shape index (κ3) is 6.00. The monoisotopic (exact) mass is 324 g/mol. The summed E-state index contributed by atoms with van der Waals surface area (Å²) in [5.74, 6) is 0.526. The van der Waals surface area contributed by atoms with Gasteiger partial charge in [0.15, 0.2) is 0 Å². The Morgan fingerprint density at radius 3 is 1.65 bits per heavy atom. The standard InChI is InChI=1S/C20H36O3/c1-22-19(21)23-20(16-12-8-4-5-9-13-17-20)18-14-10-6-2-3-7-11-15-18/h18H,2-17H2,1H3. The first-order chi connectivity index (χ1) is 11.3. The average molecular weight is 325 g/mol. The summed E-state index contributed by atoms with van der Waals surface area (Å²) in [6.07, 6.45) is 19.6. The van der Waals surface area contributed by atoms with E-state index in [1.807, 2.05) is 0 Å². The van der Waals surface area contributed by atoms with E-state index < -0.39 is 6.16 Å². The summed E-state index contributed by atoms with van der Waals surface area (Å²) in [5.41, 5.74) is -0.262. The SMILES string of the molecule is COC(=O)OC1(C2CCCCCCCC2)CCCCCCCC1. The van der Waals surface area contributed by atoms with E-state index in [0.29, 0.717) is 5.92 Å². The van der Waals surface area contributed by atoms with Crippen molar-refractivity contribution >= 4 is 6.16 Å². The van der Waals surface area contributed by atoms with Crippen LogP contribution in [0.5, 0.6) is 0 Å². The normalized spacial score (nSPS) is 24.9. The Morgan fingerprint density at radius 2 is 1.17 bits per heavy atom. The fraction of sp³-hybridized carbons (Fsp3) is 0.950. The maximum Gasteiger partial charge on any atom is 0.508 e. The van der Waals surface area contributed by atoms with Crippen LogP contribution in [0.2, 0.25) is 0 Å². The van der Waals surface area contributed by atoms with Crippen LogP contribution in [0.15, 0.2) is 0 Å². The van der Waals surface area contributed by atoms with Gasteiger partial charge in [-0.05, 0) is 44.4 Å². The van der Waals surface area contributed by atoms with Crippen LogP contribution in [0.25, 0.3) is 0 Å². The fourth-order valence-corrected chi connectivity index (χ4v) is 4.64. The molecule has 2 rings (SSSR count). The Labute approximate surface area is 142 Å². The minimum atomic E-state index is -0.468. The van der Waals surface area contributed by atoms with E-state index >= 15 is 0 Å². The van der Waals surface area contributed by atoms with Crippen molar-refractivity contribution in [3.8, 4) is 0 Å². The zero-order chi connectivity index (χ0) is 16.4. The van der Waals surface area contributed by atoms with Gasteiger partial charge in [-0.3, -0.25) is 0 Å². The molecule has 0 aromatic carbocycles. The van der Waals surface area contributed by atoms with Gasteiger partial charge < -0.3 is 9.47 Å². The molecule has 134 valence electrons. The van der Waals surface area contributed by atoms with Crippen molar-refractivity contribution in [2.75, 3.05) is 7.11 Å². The van der Waals surface area contributed by atoms with Crippen molar-refractivity contribution in [1.29, 1.82) is 0 Å². The van der Waals surface area contributed by atoms with Gasteiger partial charge in [0.05, 0.1) is 7.11 Å². The van der Waals surface area contributed by atoms with Gasteiger partial charge in [-0.25, -0.2) is 4.79 Å². The average Bonchev–Trinajstić information content (AvgIpc) is 2.77. The smallest absolute Gasteiger partial charge is 0.438 e. The predicted molar refractivity (Wildman–Crippen MR) is 93.6 cm³/mol. The van der Waals surface area contributed by atoms with E-state index in [1.165, 1.54) is 97.0 Å². The lowest BCUT2D eigenvalue weighted by atomic mass is 9.74. The van der Waals surface area contributed by atoms with E-state index in [-0.39, 0.29) is 5.60 Å². The molecule has 3 nitrogen and oxygen atoms in total. The number of hydrogen-bond donors (Lipinski definition) is 0. The molecular formula is C20H36O3. The van der Waals surface area contributed by atoms with Gasteiger partial charge in [-0.1, -0.05) is 64.2 Å². The van der Waals surface area contributed by atoms with Crippen molar-refractivity contribution in [2.24, 2.45) is 5.92 Å². The highest BCUT2D eigenvalue weighted by molar-refractivity contribution is 5.60. The van der Waals surface area contributed by atoms with Crippen LogP contribution in [-0.4, -0.2) is 18.9 Å². The van der Waals surface area contributed by atoms with Crippen LogP contribution < -0.4 is 0 Å². The molecule has 0 bridgehead atoms. The number of ether oxygens (including phenoxy) is 2. The summed E-state index contributed by atoms with van der Waals surface area (Å²) in [6, 6.07) is 0. The lowest BCUT2D eigenvalue weighted by molar-refractivity contribution is -0.0807. The first-order valence-corrected chi connectivity index (χ1v) is 10.0. The third-order valence-corrected chi connectivity index (χ3v) is 6.00. The lowest BCUT2D eigenvalue weighted by Gasteiger charge is -2.40. The molecule has 2 fully saturated rings. The molecule has 23 heavy (non-hydrogen) atoms.